The first kappa shape index (κ1) is 17.5. The van der Waals surface area contributed by atoms with Gasteiger partial charge in [-0.25, -0.2) is 0 Å². The summed E-state index contributed by atoms with van der Waals surface area (Å²) >= 11 is 0. The maximum atomic E-state index is 12.9. The number of alkyl halides is 3. The van der Waals surface area contributed by atoms with Gasteiger partial charge in [-0.1, -0.05) is 90.3 Å². The summed E-state index contributed by atoms with van der Waals surface area (Å²) in [6.45, 7) is 0.552. The molecule has 0 saturated heterocycles. The molecule has 0 bridgehead atoms. The number of hydrogen-bond donors (Lipinski definition) is 0. The zero-order chi connectivity index (χ0) is 18.9. The molecule has 1 aliphatic rings. The smallest absolute Gasteiger partial charge is 0.403 e. The van der Waals surface area contributed by atoms with Crippen molar-refractivity contribution < 1.29 is 13.2 Å². The Morgan fingerprint density at radius 3 is 2.15 bits per heavy atom. The molecule has 0 N–H and O–H groups in total. The number of nitrogens with zero attached hydrogens (tertiary/aromatic N) is 1. The standard InChI is InChI=1S/C22H17BF3N/c24-22(25,26)19-10-12-20(13-11-19)23-15-14-18-8-4-5-9-21(18)27(23)16-17-6-2-1-3-7-17/h1-15H,16H2. The first-order chi connectivity index (χ1) is 13.0. The Hall–Kier alpha value is -2.95. The van der Waals surface area contributed by atoms with E-state index in [-0.39, 0.29) is 6.85 Å². The van der Waals surface area contributed by atoms with E-state index in [0.717, 1.165) is 34.4 Å². The Balaban J connectivity index is 1.72. The van der Waals surface area contributed by atoms with Gasteiger partial charge < -0.3 is 4.81 Å². The number of anilines is 1. The van der Waals surface area contributed by atoms with Crippen molar-refractivity contribution in [1.29, 1.82) is 0 Å². The van der Waals surface area contributed by atoms with E-state index >= 15 is 0 Å². The number of para-hydroxylation sites is 1. The monoisotopic (exact) mass is 363 g/mol. The maximum Gasteiger partial charge on any atom is 0.416 e. The minimum atomic E-state index is -4.32. The molecule has 0 spiro atoms. The quantitative estimate of drug-likeness (QED) is 0.580. The van der Waals surface area contributed by atoms with Crippen LogP contribution in [-0.2, 0) is 12.7 Å². The number of rotatable bonds is 3. The van der Waals surface area contributed by atoms with Crippen molar-refractivity contribution in [2.75, 3.05) is 4.81 Å². The average Bonchev–Trinajstić information content (AvgIpc) is 2.68. The third-order valence-electron chi connectivity index (χ3n) is 4.82. The van der Waals surface area contributed by atoms with E-state index in [4.69, 9.17) is 0 Å². The van der Waals surface area contributed by atoms with Gasteiger partial charge in [0, 0.05) is 12.2 Å². The molecule has 0 amide bonds. The van der Waals surface area contributed by atoms with Crippen LogP contribution in [0.3, 0.4) is 0 Å². The van der Waals surface area contributed by atoms with E-state index in [9.17, 15) is 13.2 Å². The van der Waals surface area contributed by atoms with Gasteiger partial charge in [-0.2, -0.15) is 13.2 Å². The summed E-state index contributed by atoms with van der Waals surface area (Å²) in [6.07, 6.45) is -2.28. The first-order valence-corrected chi connectivity index (χ1v) is 8.77. The van der Waals surface area contributed by atoms with Crippen LogP contribution >= 0.6 is 0 Å². The van der Waals surface area contributed by atoms with Crippen molar-refractivity contribution in [2.24, 2.45) is 0 Å². The van der Waals surface area contributed by atoms with Crippen LogP contribution in [0.1, 0.15) is 16.7 Å². The van der Waals surface area contributed by atoms with E-state index in [1.165, 1.54) is 0 Å². The fraction of sp³-hybridized carbons (Fsp3) is 0.0909. The second-order valence-corrected chi connectivity index (χ2v) is 6.60. The van der Waals surface area contributed by atoms with E-state index in [2.05, 4.69) is 23.0 Å². The van der Waals surface area contributed by atoms with E-state index < -0.39 is 11.7 Å². The molecule has 0 radical (unpaired) electrons. The molecular weight excluding hydrogens is 346 g/mol. The Morgan fingerprint density at radius 2 is 1.44 bits per heavy atom. The van der Waals surface area contributed by atoms with Gasteiger partial charge >= 0.3 is 13.0 Å². The molecule has 1 nitrogen and oxygen atoms in total. The fourth-order valence-electron chi connectivity index (χ4n) is 3.46. The predicted octanol–water partition coefficient (Wildman–Crippen LogP) is 5.18. The van der Waals surface area contributed by atoms with Crippen LogP contribution in [0.15, 0.2) is 84.8 Å². The minimum absolute atomic E-state index is 0.123. The molecule has 4 rings (SSSR count). The second kappa shape index (κ2) is 6.99. The SMILES string of the molecule is FC(F)(F)c1ccc(B2C=Cc3ccccc3N2Cc2ccccc2)cc1. The zero-order valence-electron chi connectivity index (χ0n) is 14.5. The molecule has 0 fully saturated rings. The van der Waals surface area contributed by atoms with Gasteiger partial charge in [0.2, 0.25) is 0 Å². The lowest BCUT2D eigenvalue weighted by molar-refractivity contribution is -0.137. The topological polar surface area (TPSA) is 3.24 Å². The molecule has 1 aliphatic heterocycles. The lowest BCUT2D eigenvalue weighted by Gasteiger charge is -2.34. The zero-order valence-corrected chi connectivity index (χ0v) is 14.5. The molecule has 0 aromatic heterocycles. The molecule has 0 aliphatic carbocycles. The number of hydrogen-bond acceptors (Lipinski definition) is 1. The highest BCUT2D eigenvalue weighted by Crippen LogP contribution is 2.30. The van der Waals surface area contributed by atoms with Gasteiger partial charge in [0.1, 0.15) is 0 Å². The molecular formula is C22H17BF3N. The van der Waals surface area contributed by atoms with Gasteiger partial charge in [0.15, 0.2) is 0 Å². The lowest BCUT2D eigenvalue weighted by Crippen LogP contribution is -2.48. The Morgan fingerprint density at radius 1 is 0.778 bits per heavy atom. The lowest BCUT2D eigenvalue weighted by atomic mass is 9.52. The third-order valence-corrected chi connectivity index (χ3v) is 4.82. The van der Waals surface area contributed by atoms with Crippen LogP contribution in [-0.4, -0.2) is 6.85 Å². The summed E-state index contributed by atoms with van der Waals surface area (Å²) in [5.41, 5.74) is 3.55. The van der Waals surface area contributed by atoms with Crippen LogP contribution in [0, 0.1) is 0 Å². The van der Waals surface area contributed by atoms with Crippen molar-refractivity contribution in [3.8, 4) is 0 Å². The second-order valence-electron chi connectivity index (χ2n) is 6.60. The number of halogens is 3. The van der Waals surface area contributed by atoms with Gasteiger partial charge in [-0.3, -0.25) is 0 Å². The Labute approximate surface area is 156 Å². The van der Waals surface area contributed by atoms with Crippen LogP contribution in [0.2, 0.25) is 0 Å². The summed E-state index contributed by atoms with van der Waals surface area (Å²) in [6, 6.07) is 23.6. The molecule has 1 heterocycles. The molecule has 0 saturated carbocycles. The van der Waals surface area contributed by atoms with E-state index in [1.807, 2.05) is 48.4 Å². The normalized spacial score (nSPS) is 13.6. The summed E-state index contributed by atoms with van der Waals surface area (Å²) in [7, 11) is 0. The highest BCUT2D eigenvalue weighted by Gasteiger charge is 2.32. The van der Waals surface area contributed by atoms with Crippen LogP contribution in [0.5, 0.6) is 0 Å². The van der Waals surface area contributed by atoms with Gasteiger partial charge in [0.25, 0.3) is 0 Å². The molecule has 5 heteroatoms. The molecule has 0 atom stereocenters. The van der Waals surface area contributed by atoms with Crippen molar-refractivity contribution >= 4 is 24.1 Å². The molecule has 27 heavy (non-hydrogen) atoms. The summed E-state index contributed by atoms with van der Waals surface area (Å²) in [4.78, 5) is 2.23. The minimum Gasteiger partial charge on any atom is -0.403 e. The van der Waals surface area contributed by atoms with Crippen molar-refractivity contribution in [2.45, 2.75) is 12.7 Å². The largest absolute Gasteiger partial charge is 0.416 e. The highest BCUT2D eigenvalue weighted by molar-refractivity contribution is 6.82. The molecule has 0 unspecified atom stereocenters. The maximum absolute atomic E-state index is 12.9. The number of fused-ring (bicyclic) bond motifs is 1. The van der Waals surface area contributed by atoms with E-state index in [1.54, 1.807) is 12.1 Å². The van der Waals surface area contributed by atoms with E-state index in [0.29, 0.717) is 6.54 Å². The van der Waals surface area contributed by atoms with Crippen molar-refractivity contribution in [3.05, 3.63) is 102 Å². The van der Waals surface area contributed by atoms with Crippen LogP contribution in [0.4, 0.5) is 18.9 Å². The molecule has 3 aromatic rings. The predicted molar refractivity (Wildman–Crippen MR) is 105 cm³/mol. The van der Waals surface area contributed by atoms with Gasteiger partial charge in [-0.15, -0.1) is 0 Å². The summed E-state index contributed by atoms with van der Waals surface area (Å²) < 4.78 is 38.7. The Bertz CT molecular complexity index is 949. The fourth-order valence-corrected chi connectivity index (χ4v) is 3.46. The van der Waals surface area contributed by atoms with Crippen LogP contribution < -0.4 is 10.3 Å². The van der Waals surface area contributed by atoms with Crippen molar-refractivity contribution in [3.63, 3.8) is 0 Å². The summed E-state index contributed by atoms with van der Waals surface area (Å²) in [5, 5.41) is 0. The first-order valence-electron chi connectivity index (χ1n) is 8.77. The number of benzene rings is 3. The van der Waals surface area contributed by atoms with Gasteiger partial charge in [-0.05, 0) is 17.2 Å². The van der Waals surface area contributed by atoms with Gasteiger partial charge in [0.05, 0.1) is 5.56 Å². The van der Waals surface area contributed by atoms with Crippen molar-refractivity contribution in [1.82, 2.24) is 0 Å². The van der Waals surface area contributed by atoms with Crippen LogP contribution in [0.25, 0.3) is 6.08 Å². The average molecular weight is 363 g/mol. The summed E-state index contributed by atoms with van der Waals surface area (Å²) in [5.74, 6) is 2.05. The Kier molecular flexibility index (Phi) is 4.52. The molecule has 134 valence electrons. The third kappa shape index (κ3) is 3.63. The highest BCUT2D eigenvalue weighted by atomic mass is 19.4. The molecule has 3 aromatic carbocycles.